The molecule has 29 heavy (non-hydrogen) atoms. The van der Waals surface area contributed by atoms with Crippen LogP contribution in [0, 0.1) is 0 Å². The van der Waals surface area contributed by atoms with E-state index in [-0.39, 0.29) is 18.7 Å². The maximum atomic E-state index is 13.2. The summed E-state index contributed by atoms with van der Waals surface area (Å²) in [5.41, 5.74) is 2.19. The highest BCUT2D eigenvalue weighted by molar-refractivity contribution is 5.79. The summed E-state index contributed by atoms with van der Waals surface area (Å²) in [5, 5.41) is 0. The van der Waals surface area contributed by atoms with Gasteiger partial charge in [0.15, 0.2) is 11.5 Å². The van der Waals surface area contributed by atoms with Crippen LogP contribution in [0.5, 0.6) is 11.5 Å². The molecule has 0 radical (unpaired) electrons. The Bertz CT molecular complexity index is 937. The van der Waals surface area contributed by atoms with Crippen molar-refractivity contribution in [3.8, 4) is 11.5 Å². The summed E-state index contributed by atoms with van der Waals surface area (Å²) in [6.45, 7) is 2.80. The Labute approximate surface area is 170 Å². The second-order valence-electron chi connectivity index (χ2n) is 7.34. The first-order valence-corrected chi connectivity index (χ1v) is 9.93. The van der Waals surface area contributed by atoms with Gasteiger partial charge < -0.3 is 18.8 Å². The molecule has 0 spiro atoms. The van der Waals surface area contributed by atoms with Crippen LogP contribution in [0.25, 0.3) is 0 Å². The van der Waals surface area contributed by atoms with Gasteiger partial charge in [-0.15, -0.1) is 0 Å². The zero-order valence-electron chi connectivity index (χ0n) is 16.5. The first kappa shape index (κ1) is 19.1. The van der Waals surface area contributed by atoms with E-state index in [9.17, 15) is 4.79 Å². The second-order valence-corrected chi connectivity index (χ2v) is 7.34. The monoisotopic (exact) mass is 391 g/mol. The van der Waals surface area contributed by atoms with E-state index < -0.39 is 0 Å². The van der Waals surface area contributed by atoms with E-state index in [0.717, 1.165) is 29.9 Å². The van der Waals surface area contributed by atoms with Crippen molar-refractivity contribution in [1.29, 1.82) is 0 Å². The Morgan fingerprint density at radius 1 is 1.00 bits per heavy atom. The highest BCUT2D eigenvalue weighted by Crippen LogP contribution is 2.32. The summed E-state index contributed by atoms with van der Waals surface area (Å²) in [6, 6.07) is 19.9. The average Bonchev–Trinajstić information content (AvgIpc) is 3.42. The molecule has 1 aliphatic rings. The van der Waals surface area contributed by atoms with Crippen LogP contribution in [0.4, 0.5) is 0 Å². The lowest BCUT2D eigenvalue weighted by atomic mass is 10.0. The second kappa shape index (κ2) is 8.86. The van der Waals surface area contributed by atoms with Gasteiger partial charge in [0.1, 0.15) is 5.76 Å². The molecule has 0 saturated heterocycles. The van der Waals surface area contributed by atoms with Crippen LogP contribution >= 0.6 is 0 Å². The standard InChI is InChI=1S/C24H25NO4/c1-18(9-10-19-6-3-2-4-7-19)25(16-21-8-5-13-27-21)24(26)15-20-11-12-22-23(14-20)29-17-28-22/h2-8,11-14,18H,9-10,15-17H2,1H3/t18-/m1/s1. The summed E-state index contributed by atoms with van der Waals surface area (Å²) in [7, 11) is 0. The third-order valence-corrected chi connectivity index (χ3v) is 5.24. The van der Waals surface area contributed by atoms with E-state index in [4.69, 9.17) is 13.9 Å². The van der Waals surface area contributed by atoms with Gasteiger partial charge in [0.25, 0.3) is 0 Å². The molecule has 2 heterocycles. The lowest BCUT2D eigenvalue weighted by Gasteiger charge is -2.29. The zero-order chi connectivity index (χ0) is 20.1. The molecule has 1 atom stereocenters. The lowest BCUT2D eigenvalue weighted by molar-refractivity contribution is -0.133. The molecule has 5 nitrogen and oxygen atoms in total. The highest BCUT2D eigenvalue weighted by Gasteiger charge is 2.23. The van der Waals surface area contributed by atoms with E-state index in [0.29, 0.717) is 18.7 Å². The van der Waals surface area contributed by atoms with Crippen molar-refractivity contribution in [3.05, 3.63) is 83.8 Å². The van der Waals surface area contributed by atoms with Crippen molar-refractivity contribution in [3.63, 3.8) is 0 Å². The molecule has 1 aromatic heterocycles. The molecule has 0 fully saturated rings. The molecular formula is C24H25NO4. The minimum absolute atomic E-state index is 0.0702. The number of rotatable bonds is 8. The van der Waals surface area contributed by atoms with Gasteiger partial charge in [-0.05, 0) is 55.2 Å². The molecule has 0 saturated carbocycles. The van der Waals surface area contributed by atoms with Crippen molar-refractivity contribution in [2.24, 2.45) is 0 Å². The molecule has 0 aliphatic carbocycles. The summed E-state index contributed by atoms with van der Waals surface area (Å²) in [4.78, 5) is 15.1. The summed E-state index contributed by atoms with van der Waals surface area (Å²) in [5.74, 6) is 2.28. The fourth-order valence-corrected chi connectivity index (χ4v) is 3.56. The van der Waals surface area contributed by atoms with E-state index in [1.54, 1.807) is 6.26 Å². The zero-order valence-corrected chi connectivity index (χ0v) is 16.5. The quantitative estimate of drug-likeness (QED) is 0.563. The topological polar surface area (TPSA) is 51.9 Å². The van der Waals surface area contributed by atoms with Crippen molar-refractivity contribution < 1.29 is 18.7 Å². The summed E-state index contributed by atoms with van der Waals surface area (Å²) >= 11 is 0. The largest absolute Gasteiger partial charge is 0.467 e. The van der Waals surface area contributed by atoms with Gasteiger partial charge in [-0.1, -0.05) is 36.4 Å². The average molecular weight is 391 g/mol. The number of carbonyl (C=O) groups excluding carboxylic acids is 1. The fourth-order valence-electron chi connectivity index (χ4n) is 3.56. The normalized spacial score (nSPS) is 13.3. The summed E-state index contributed by atoms with van der Waals surface area (Å²) < 4.78 is 16.3. The molecular weight excluding hydrogens is 366 g/mol. The smallest absolute Gasteiger partial charge is 0.231 e. The molecule has 3 aromatic rings. The van der Waals surface area contributed by atoms with Crippen LogP contribution in [0.1, 0.15) is 30.2 Å². The Morgan fingerprint density at radius 3 is 2.62 bits per heavy atom. The number of hydrogen-bond acceptors (Lipinski definition) is 4. The number of benzene rings is 2. The highest BCUT2D eigenvalue weighted by atomic mass is 16.7. The van der Waals surface area contributed by atoms with Gasteiger partial charge >= 0.3 is 0 Å². The van der Waals surface area contributed by atoms with E-state index in [2.05, 4.69) is 19.1 Å². The van der Waals surface area contributed by atoms with Gasteiger partial charge in [-0.3, -0.25) is 4.79 Å². The van der Waals surface area contributed by atoms with Gasteiger partial charge in [-0.2, -0.15) is 0 Å². The Kier molecular flexibility index (Phi) is 5.84. The van der Waals surface area contributed by atoms with Crippen molar-refractivity contribution in [2.75, 3.05) is 6.79 Å². The van der Waals surface area contributed by atoms with Crippen LogP contribution in [-0.4, -0.2) is 23.6 Å². The SMILES string of the molecule is C[C@H](CCc1ccccc1)N(Cc1ccco1)C(=O)Cc1ccc2c(c1)OCO2. The predicted octanol–water partition coefficient (Wildman–Crippen LogP) is 4.60. The van der Waals surface area contributed by atoms with Crippen LogP contribution in [0.3, 0.4) is 0 Å². The summed E-state index contributed by atoms with van der Waals surface area (Å²) in [6.07, 6.45) is 3.77. The number of carbonyl (C=O) groups is 1. The van der Waals surface area contributed by atoms with Gasteiger partial charge in [0.2, 0.25) is 12.7 Å². The van der Waals surface area contributed by atoms with Gasteiger partial charge in [0.05, 0.1) is 19.2 Å². The van der Waals surface area contributed by atoms with Crippen molar-refractivity contribution >= 4 is 5.91 Å². The van der Waals surface area contributed by atoms with Gasteiger partial charge in [0, 0.05) is 6.04 Å². The first-order valence-electron chi connectivity index (χ1n) is 9.93. The maximum Gasteiger partial charge on any atom is 0.231 e. The lowest BCUT2D eigenvalue weighted by Crippen LogP contribution is -2.39. The predicted molar refractivity (Wildman–Crippen MR) is 110 cm³/mol. The number of furan rings is 1. The number of aryl methyl sites for hydroxylation is 1. The van der Waals surface area contributed by atoms with E-state index >= 15 is 0 Å². The molecule has 0 unspecified atom stereocenters. The number of fused-ring (bicyclic) bond motifs is 1. The van der Waals surface area contributed by atoms with Crippen molar-refractivity contribution in [2.45, 2.75) is 38.8 Å². The molecule has 2 aromatic carbocycles. The fraction of sp³-hybridized carbons (Fsp3) is 0.292. The Balaban J connectivity index is 1.45. The minimum Gasteiger partial charge on any atom is -0.467 e. The van der Waals surface area contributed by atoms with Crippen LogP contribution in [0.15, 0.2) is 71.3 Å². The third kappa shape index (κ3) is 4.80. The number of ether oxygens (including phenoxy) is 2. The van der Waals surface area contributed by atoms with E-state index in [1.807, 2.05) is 53.4 Å². The molecule has 5 heteroatoms. The maximum absolute atomic E-state index is 13.2. The molecule has 150 valence electrons. The molecule has 1 amide bonds. The van der Waals surface area contributed by atoms with Gasteiger partial charge in [-0.25, -0.2) is 0 Å². The number of amides is 1. The number of nitrogens with zero attached hydrogens (tertiary/aromatic N) is 1. The molecule has 1 aliphatic heterocycles. The molecule has 0 bridgehead atoms. The van der Waals surface area contributed by atoms with Crippen LogP contribution < -0.4 is 9.47 Å². The third-order valence-electron chi connectivity index (χ3n) is 5.24. The number of hydrogen-bond donors (Lipinski definition) is 0. The van der Waals surface area contributed by atoms with E-state index in [1.165, 1.54) is 5.56 Å². The van der Waals surface area contributed by atoms with Crippen LogP contribution in [0.2, 0.25) is 0 Å². The first-order chi connectivity index (χ1) is 14.2. The molecule has 0 N–H and O–H groups in total. The Morgan fingerprint density at radius 2 is 1.83 bits per heavy atom. The van der Waals surface area contributed by atoms with Crippen LogP contribution in [-0.2, 0) is 24.2 Å². The molecule has 4 rings (SSSR count). The minimum atomic E-state index is 0.0702. The van der Waals surface area contributed by atoms with Crippen molar-refractivity contribution in [1.82, 2.24) is 4.90 Å². The Hall–Kier alpha value is -3.21.